The minimum absolute atomic E-state index is 0.0490. The summed E-state index contributed by atoms with van der Waals surface area (Å²) in [5, 5.41) is 9.34. The summed E-state index contributed by atoms with van der Waals surface area (Å²) in [6.45, 7) is -0.233. The number of methoxy groups -OCH3 is 1. The van der Waals surface area contributed by atoms with E-state index in [1.807, 2.05) is 0 Å². The molecular formula is C14H14ClNO4S. The van der Waals surface area contributed by atoms with Crippen LogP contribution in [0.25, 0.3) is 0 Å². The van der Waals surface area contributed by atoms with E-state index in [1.54, 1.807) is 24.3 Å². The Morgan fingerprint density at radius 3 is 2.67 bits per heavy atom. The van der Waals surface area contributed by atoms with Crippen LogP contribution in [-0.2, 0) is 16.6 Å². The van der Waals surface area contributed by atoms with E-state index < -0.39 is 10.0 Å². The second kappa shape index (κ2) is 6.34. The molecule has 2 aromatic rings. The van der Waals surface area contributed by atoms with Crippen molar-refractivity contribution in [2.45, 2.75) is 11.5 Å². The van der Waals surface area contributed by atoms with Gasteiger partial charge in [-0.3, -0.25) is 4.72 Å². The van der Waals surface area contributed by atoms with Gasteiger partial charge in [-0.2, -0.15) is 0 Å². The molecule has 0 radical (unpaired) electrons. The van der Waals surface area contributed by atoms with Crippen LogP contribution in [0.4, 0.5) is 5.69 Å². The van der Waals surface area contributed by atoms with Gasteiger partial charge in [-0.15, -0.1) is 0 Å². The molecule has 7 heteroatoms. The number of aliphatic hydroxyl groups excluding tert-OH is 1. The summed E-state index contributed by atoms with van der Waals surface area (Å²) in [5.74, 6) is 0.487. The van der Waals surface area contributed by atoms with Gasteiger partial charge in [0.1, 0.15) is 5.75 Å². The number of rotatable bonds is 5. The smallest absolute Gasteiger partial charge is 0.261 e. The van der Waals surface area contributed by atoms with Gasteiger partial charge in [0.2, 0.25) is 0 Å². The quantitative estimate of drug-likeness (QED) is 0.885. The molecule has 0 fully saturated rings. The van der Waals surface area contributed by atoms with Crippen molar-refractivity contribution >= 4 is 27.3 Å². The summed E-state index contributed by atoms with van der Waals surface area (Å²) in [7, 11) is -2.32. The summed E-state index contributed by atoms with van der Waals surface area (Å²) >= 11 is 5.98. The first kappa shape index (κ1) is 15.6. The standard InChI is InChI=1S/C14H14ClNO4S/c1-20-11-5-6-13(15)14(8-11)16-21(18,19)12-4-2-3-10(7-12)9-17/h2-8,16-17H,9H2,1H3. The molecule has 2 aromatic carbocycles. The van der Waals surface area contributed by atoms with Crippen LogP contribution in [0.5, 0.6) is 5.75 Å². The minimum Gasteiger partial charge on any atom is -0.497 e. The number of sulfonamides is 1. The SMILES string of the molecule is COc1ccc(Cl)c(NS(=O)(=O)c2cccc(CO)c2)c1. The van der Waals surface area contributed by atoms with E-state index in [1.165, 1.54) is 25.3 Å². The van der Waals surface area contributed by atoms with Crippen LogP contribution in [0.15, 0.2) is 47.4 Å². The molecule has 0 bridgehead atoms. The van der Waals surface area contributed by atoms with Gasteiger partial charge in [0.15, 0.2) is 0 Å². The molecule has 0 heterocycles. The minimum atomic E-state index is -3.79. The van der Waals surface area contributed by atoms with Crippen LogP contribution in [0.3, 0.4) is 0 Å². The number of hydrogen-bond acceptors (Lipinski definition) is 4. The van der Waals surface area contributed by atoms with E-state index in [-0.39, 0.29) is 22.2 Å². The third-order valence-electron chi connectivity index (χ3n) is 2.81. The van der Waals surface area contributed by atoms with E-state index >= 15 is 0 Å². The average Bonchev–Trinajstić information content (AvgIpc) is 2.49. The molecule has 2 N–H and O–H groups in total. The lowest BCUT2D eigenvalue weighted by Gasteiger charge is -2.11. The number of benzene rings is 2. The van der Waals surface area contributed by atoms with Crippen LogP contribution in [0.2, 0.25) is 5.02 Å². The van der Waals surface area contributed by atoms with Gasteiger partial charge in [0.25, 0.3) is 10.0 Å². The lowest BCUT2D eigenvalue weighted by molar-refractivity contribution is 0.281. The Kier molecular flexibility index (Phi) is 4.72. The van der Waals surface area contributed by atoms with Crippen molar-refractivity contribution in [2.24, 2.45) is 0 Å². The van der Waals surface area contributed by atoms with Gasteiger partial charge in [0, 0.05) is 6.07 Å². The molecule has 112 valence electrons. The molecule has 0 unspecified atom stereocenters. The van der Waals surface area contributed by atoms with E-state index in [2.05, 4.69) is 4.72 Å². The van der Waals surface area contributed by atoms with Crippen LogP contribution in [0, 0.1) is 0 Å². The molecule has 0 aliphatic heterocycles. The number of ether oxygens (including phenoxy) is 1. The van der Waals surface area contributed by atoms with E-state index in [0.717, 1.165) is 0 Å². The number of aliphatic hydroxyl groups is 1. The molecule has 0 aliphatic carbocycles. The highest BCUT2D eigenvalue weighted by Crippen LogP contribution is 2.28. The Labute approximate surface area is 128 Å². The van der Waals surface area contributed by atoms with Crippen molar-refractivity contribution < 1.29 is 18.3 Å². The zero-order valence-corrected chi connectivity index (χ0v) is 12.8. The normalized spacial score (nSPS) is 11.2. The summed E-state index contributed by atoms with van der Waals surface area (Å²) in [6.07, 6.45) is 0. The molecule has 0 saturated carbocycles. The first-order valence-electron chi connectivity index (χ1n) is 6.02. The third-order valence-corrected chi connectivity index (χ3v) is 4.50. The fraction of sp³-hybridized carbons (Fsp3) is 0.143. The molecular weight excluding hydrogens is 314 g/mol. The molecule has 0 amide bonds. The van der Waals surface area contributed by atoms with Crippen molar-refractivity contribution in [1.29, 1.82) is 0 Å². The molecule has 0 aromatic heterocycles. The van der Waals surface area contributed by atoms with E-state index in [4.69, 9.17) is 21.4 Å². The lowest BCUT2D eigenvalue weighted by Crippen LogP contribution is -2.13. The van der Waals surface area contributed by atoms with Gasteiger partial charge in [-0.1, -0.05) is 23.7 Å². The van der Waals surface area contributed by atoms with Crippen molar-refractivity contribution in [3.8, 4) is 5.75 Å². The number of hydrogen-bond donors (Lipinski definition) is 2. The molecule has 0 spiro atoms. The fourth-order valence-electron chi connectivity index (χ4n) is 1.72. The Bertz CT molecular complexity index is 746. The van der Waals surface area contributed by atoms with Gasteiger partial charge >= 0.3 is 0 Å². The highest BCUT2D eigenvalue weighted by Gasteiger charge is 2.16. The Morgan fingerprint density at radius 2 is 2.00 bits per heavy atom. The molecule has 0 saturated heterocycles. The molecule has 0 aliphatic rings. The van der Waals surface area contributed by atoms with Crippen molar-refractivity contribution in [3.05, 3.63) is 53.1 Å². The van der Waals surface area contributed by atoms with Crippen molar-refractivity contribution in [1.82, 2.24) is 0 Å². The maximum absolute atomic E-state index is 12.3. The summed E-state index contributed by atoms with van der Waals surface area (Å²) in [5.41, 5.74) is 0.736. The van der Waals surface area contributed by atoms with Gasteiger partial charge in [-0.05, 0) is 29.8 Å². The van der Waals surface area contributed by atoms with Crippen LogP contribution in [0.1, 0.15) is 5.56 Å². The van der Waals surface area contributed by atoms with Crippen LogP contribution < -0.4 is 9.46 Å². The Hall–Kier alpha value is -1.76. The number of anilines is 1. The fourth-order valence-corrected chi connectivity index (χ4v) is 3.09. The monoisotopic (exact) mass is 327 g/mol. The highest BCUT2D eigenvalue weighted by molar-refractivity contribution is 7.92. The first-order valence-corrected chi connectivity index (χ1v) is 7.88. The van der Waals surface area contributed by atoms with Crippen molar-refractivity contribution in [2.75, 3.05) is 11.8 Å². The zero-order valence-electron chi connectivity index (χ0n) is 11.2. The number of halogens is 1. The van der Waals surface area contributed by atoms with Crippen LogP contribution >= 0.6 is 11.6 Å². The largest absolute Gasteiger partial charge is 0.497 e. The van der Waals surface area contributed by atoms with Crippen molar-refractivity contribution in [3.63, 3.8) is 0 Å². The average molecular weight is 328 g/mol. The summed E-state index contributed by atoms with van der Waals surface area (Å²) < 4.78 is 32.1. The predicted molar refractivity (Wildman–Crippen MR) is 81.2 cm³/mol. The summed E-state index contributed by atoms with van der Waals surface area (Å²) in [4.78, 5) is 0.0490. The lowest BCUT2D eigenvalue weighted by atomic mass is 10.2. The Morgan fingerprint density at radius 1 is 1.24 bits per heavy atom. The maximum Gasteiger partial charge on any atom is 0.261 e. The topological polar surface area (TPSA) is 75.6 Å². The molecule has 5 nitrogen and oxygen atoms in total. The molecule has 0 atom stereocenters. The molecule has 21 heavy (non-hydrogen) atoms. The third kappa shape index (κ3) is 3.66. The van der Waals surface area contributed by atoms with E-state index in [9.17, 15) is 8.42 Å². The van der Waals surface area contributed by atoms with Crippen LogP contribution in [-0.4, -0.2) is 20.6 Å². The maximum atomic E-state index is 12.3. The number of nitrogens with one attached hydrogen (secondary N) is 1. The highest BCUT2D eigenvalue weighted by atomic mass is 35.5. The predicted octanol–water partition coefficient (Wildman–Crippen LogP) is 2.64. The second-order valence-corrected chi connectivity index (χ2v) is 6.35. The zero-order chi connectivity index (χ0) is 15.5. The Balaban J connectivity index is 2.37. The first-order chi connectivity index (χ1) is 9.96. The van der Waals surface area contributed by atoms with Gasteiger partial charge < -0.3 is 9.84 Å². The molecule has 2 rings (SSSR count). The second-order valence-electron chi connectivity index (χ2n) is 4.26. The van der Waals surface area contributed by atoms with Gasteiger partial charge in [-0.25, -0.2) is 8.42 Å². The summed E-state index contributed by atoms with van der Waals surface area (Å²) in [6, 6.07) is 10.7. The van der Waals surface area contributed by atoms with E-state index in [0.29, 0.717) is 11.3 Å². The van der Waals surface area contributed by atoms with Gasteiger partial charge in [0.05, 0.1) is 29.3 Å².